The predicted molar refractivity (Wildman–Crippen MR) is 49.3 cm³/mol. The molecule has 0 bridgehead atoms. The van der Waals surface area contributed by atoms with E-state index in [2.05, 4.69) is 13.5 Å². The maximum absolute atomic E-state index is 10.9. The molecule has 0 spiro atoms. The molecule has 1 aliphatic carbocycles. The number of hydrogen-bond acceptors (Lipinski definition) is 3. The standard InChI is InChI=1S/C10H16O3/c1-4-9(11)13-8-6-5-7(2)10(8)12-3/h4,7-8,10H,1,5-6H2,2-3H3. The lowest BCUT2D eigenvalue weighted by molar-refractivity contribution is -0.149. The van der Waals surface area contributed by atoms with Crippen molar-refractivity contribution in [3.05, 3.63) is 12.7 Å². The summed E-state index contributed by atoms with van der Waals surface area (Å²) in [4.78, 5) is 10.9. The van der Waals surface area contributed by atoms with Gasteiger partial charge in [-0.05, 0) is 18.8 Å². The molecule has 3 nitrogen and oxygen atoms in total. The molecule has 0 aromatic rings. The molecule has 1 aliphatic rings. The van der Waals surface area contributed by atoms with Crippen LogP contribution in [0.25, 0.3) is 0 Å². The molecule has 0 aliphatic heterocycles. The molecule has 0 radical (unpaired) electrons. The normalized spacial score (nSPS) is 32.9. The molecule has 1 saturated carbocycles. The van der Waals surface area contributed by atoms with Gasteiger partial charge in [-0.15, -0.1) is 0 Å². The van der Waals surface area contributed by atoms with Crippen LogP contribution < -0.4 is 0 Å². The van der Waals surface area contributed by atoms with Gasteiger partial charge in [0.15, 0.2) is 0 Å². The van der Waals surface area contributed by atoms with Crippen molar-refractivity contribution in [2.75, 3.05) is 7.11 Å². The van der Waals surface area contributed by atoms with E-state index < -0.39 is 0 Å². The van der Waals surface area contributed by atoms with Crippen molar-refractivity contribution in [1.29, 1.82) is 0 Å². The van der Waals surface area contributed by atoms with Crippen LogP contribution >= 0.6 is 0 Å². The van der Waals surface area contributed by atoms with Crippen molar-refractivity contribution in [2.45, 2.75) is 32.0 Å². The molecule has 0 aromatic heterocycles. The molecule has 3 heteroatoms. The number of rotatable bonds is 3. The summed E-state index contributed by atoms with van der Waals surface area (Å²) in [5.74, 6) is 0.105. The summed E-state index contributed by atoms with van der Waals surface area (Å²) >= 11 is 0. The average molecular weight is 184 g/mol. The Hall–Kier alpha value is -0.830. The van der Waals surface area contributed by atoms with Gasteiger partial charge in [0.25, 0.3) is 0 Å². The minimum absolute atomic E-state index is 0.0453. The zero-order valence-electron chi connectivity index (χ0n) is 8.16. The second kappa shape index (κ2) is 4.42. The fraction of sp³-hybridized carbons (Fsp3) is 0.700. The van der Waals surface area contributed by atoms with Gasteiger partial charge in [-0.25, -0.2) is 4.79 Å². The third-order valence-corrected chi connectivity index (χ3v) is 2.54. The largest absolute Gasteiger partial charge is 0.456 e. The van der Waals surface area contributed by atoms with Crippen molar-refractivity contribution in [2.24, 2.45) is 5.92 Å². The summed E-state index contributed by atoms with van der Waals surface area (Å²) in [5, 5.41) is 0. The molecule has 0 heterocycles. The van der Waals surface area contributed by atoms with Crippen LogP contribution in [0.5, 0.6) is 0 Å². The highest BCUT2D eigenvalue weighted by molar-refractivity contribution is 5.81. The van der Waals surface area contributed by atoms with Gasteiger partial charge < -0.3 is 9.47 Å². The van der Waals surface area contributed by atoms with E-state index in [1.165, 1.54) is 6.08 Å². The van der Waals surface area contributed by atoms with Crippen molar-refractivity contribution in [3.63, 3.8) is 0 Å². The van der Waals surface area contributed by atoms with Gasteiger partial charge in [-0.3, -0.25) is 0 Å². The zero-order valence-corrected chi connectivity index (χ0v) is 8.16. The van der Waals surface area contributed by atoms with Crippen molar-refractivity contribution < 1.29 is 14.3 Å². The van der Waals surface area contributed by atoms with Crippen LogP contribution in [0, 0.1) is 5.92 Å². The summed E-state index contributed by atoms with van der Waals surface area (Å²) in [7, 11) is 1.65. The van der Waals surface area contributed by atoms with Crippen LogP contribution in [0.15, 0.2) is 12.7 Å². The highest BCUT2D eigenvalue weighted by atomic mass is 16.6. The molecule has 1 fully saturated rings. The molecule has 13 heavy (non-hydrogen) atoms. The average Bonchev–Trinajstić information content (AvgIpc) is 2.46. The van der Waals surface area contributed by atoms with Crippen molar-refractivity contribution >= 4 is 5.97 Å². The first kappa shape index (κ1) is 10.3. The highest BCUT2D eigenvalue weighted by Crippen LogP contribution is 2.30. The first-order chi connectivity index (χ1) is 6.19. The zero-order chi connectivity index (χ0) is 9.84. The van der Waals surface area contributed by atoms with Gasteiger partial charge in [0.05, 0.1) is 6.10 Å². The Morgan fingerprint density at radius 3 is 2.77 bits per heavy atom. The second-order valence-corrected chi connectivity index (χ2v) is 3.43. The van der Waals surface area contributed by atoms with E-state index in [0.29, 0.717) is 5.92 Å². The minimum Gasteiger partial charge on any atom is -0.456 e. The third kappa shape index (κ3) is 2.31. The van der Waals surface area contributed by atoms with E-state index in [4.69, 9.17) is 9.47 Å². The van der Waals surface area contributed by atoms with E-state index in [-0.39, 0.29) is 18.2 Å². The Labute approximate surface area is 78.7 Å². The van der Waals surface area contributed by atoms with E-state index in [9.17, 15) is 4.79 Å². The molecule has 0 saturated heterocycles. The summed E-state index contributed by atoms with van der Waals surface area (Å²) in [6.07, 6.45) is 3.08. The quantitative estimate of drug-likeness (QED) is 0.493. The van der Waals surface area contributed by atoms with Gasteiger partial charge in [0.1, 0.15) is 6.10 Å². The molecule has 0 amide bonds. The Balaban J connectivity index is 2.50. The molecule has 3 atom stereocenters. The lowest BCUT2D eigenvalue weighted by Crippen LogP contribution is -2.30. The lowest BCUT2D eigenvalue weighted by atomic mass is 10.1. The number of esters is 1. The maximum atomic E-state index is 10.9. The Kier molecular flexibility index (Phi) is 3.48. The van der Waals surface area contributed by atoms with Crippen LogP contribution in [0.4, 0.5) is 0 Å². The number of carbonyl (C=O) groups is 1. The minimum atomic E-state index is -0.360. The summed E-state index contributed by atoms with van der Waals surface area (Å²) in [6, 6.07) is 0. The van der Waals surface area contributed by atoms with Crippen LogP contribution in [0.1, 0.15) is 19.8 Å². The number of hydrogen-bond donors (Lipinski definition) is 0. The first-order valence-corrected chi connectivity index (χ1v) is 4.55. The summed E-state index contributed by atoms with van der Waals surface area (Å²) in [6.45, 7) is 5.46. The summed E-state index contributed by atoms with van der Waals surface area (Å²) < 4.78 is 10.4. The van der Waals surface area contributed by atoms with E-state index in [1.807, 2.05) is 0 Å². The smallest absolute Gasteiger partial charge is 0.330 e. The maximum Gasteiger partial charge on any atom is 0.330 e. The van der Waals surface area contributed by atoms with E-state index in [1.54, 1.807) is 7.11 Å². The number of ether oxygens (including phenoxy) is 2. The van der Waals surface area contributed by atoms with Gasteiger partial charge in [0.2, 0.25) is 0 Å². The monoisotopic (exact) mass is 184 g/mol. The third-order valence-electron chi connectivity index (χ3n) is 2.54. The fourth-order valence-corrected chi connectivity index (χ4v) is 1.83. The van der Waals surface area contributed by atoms with Crippen LogP contribution in [-0.2, 0) is 14.3 Å². The summed E-state index contributed by atoms with van der Waals surface area (Å²) in [5.41, 5.74) is 0. The Bertz CT molecular complexity index is 200. The van der Waals surface area contributed by atoms with E-state index >= 15 is 0 Å². The Morgan fingerprint density at radius 2 is 2.23 bits per heavy atom. The van der Waals surface area contributed by atoms with E-state index in [0.717, 1.165) is 12.8 Å². The van der Waals surface area contributed by atoms with Crippen LogP contribution in [0.3, 0.4) is 0 Å². The highest BCUT2D eigenvalue weighted by Gasteiger charge is 2.35. The second-order valence-electron chi connectivity index (χ2n) is 3.43. The SMILES string of the molecule is C=CC(=O)OC1CCC(C)C1OC. The molecule has 74 valence electrons. The fourth-order valence-electron chi connectivity index (χ4n) is 1.83. The number of methoxy groups -OCH3 is 1. The van der Waals surface area contributed by atoms with Gasteiger partial charge in [-0.1, -0.05) is 13.5 Å². The van der Waals surface area contributed by atoms with Gasteiger partial charge in [-0.2, -0.15) is 0 Å². The van der Waals surface area contributed by atoms with Gasteiger partial charge >= 0.3 is 5.97 Å². The van der Waals surface area contributed by atoms with Crippen LogP contribution in [0.2, 0.25) is 0 Å². The number of carbonyl (C=O) groups excluding carboxylic acids is 1. The van der Waals surface area contributed by atoms with Crippen molar-refractivity contribution in [1.82, 2.24) is 0 Å². The predicted octanol–water partition coefficient (Wildman–Crippen LogP) is 1.53. The van der Waals surface area contributed by atoms with Crippen molar-refractivity contribution in [3.8, 4) is 0 Å². The molecular weight excluding hydrogens is 168 g/mol. The molecule has 0 N–H and O–H groups in total. The first-order valence-electron chi connectivity index (χ1n) is 4.55. The van der Waals surface area contributed by atoms with Crippen LogP contribution in [-0.4, -0.2) is 25.3 Å². The lowest BCUT2D eigenvalue weighted by Gasteiger charge is -2.20. The molecule has 3 unspecified atom stereocenters. The molecule has 0 aromatic carbocycles. The molecule has 1 rings (SSSR count). The molecular formula is C10H16O3. The topological polar surface area (TPSA) is 35.5 Å². The van der Waals surface area contributed by atoms with Gasteiger partial charge in [0, 0.05) is 13.2 Å². The Morgan fingerprint density at radius 1 is 1.54 bits per heavy atom.